The van der Waals surface area contributed by atoms with Crippen LogP contribution in [0.25, 0.3) is 10.2 Å². The van der Waals surface area contributed by atoms with E-state index >= 15 is 0 Å². The number of nitrogens with one attached hydrogen (secondary N) is 1. The molecule has 1 saturated heterocycles. The number of hydrogen-bond acceptors (Lipinski definition) is 7. The minimum atomic E-state index is -0.0820. The minimum Gasteiger partial charge on any atom is -0.352 e. The van der Waals surface area contributed by atoms with Gasteiger partial charge in [0.25, 0.3) is 11.8 Å². The monoisotopic (exact) mass is 463 g/mol. The molecule has 0 saturated carbocycles. The fraction of sp³-hybridized carbons (Fsp3) is 0.217. The lowest BCUT2D eigenvalue weighted by atomic mass is 10.1. The van der Waals surface area contributed by atoms with E-state index in [0.29, 0.717) is 30.1 Å². The third-order valence-corrected chi connectivity index (χ3v) is 7.20. The van der Waals surface area contributed by atoms with Gasteiger partial charge in [-0.05, 0) is 40.6 Å². The van der Waals surface area contributed by atoms with Crippen LogP contribution in [0.15, 0.2) is 59.6 Å². The fourth-order valence-corrected chi connectivity index (χ4v) is 5.14. The van der Waals surface area contributed by atoms with E-state index in [-0.39, 0.29) is 11.8 Å². The van der Waals surface area contributed by atoms with Crippen LogP contribution in [-0.4, -0.2) is 52.9 Å². The summed E-state index contributed by atoms with van der Waals surface area (Å²) in [6.45, 7) is 3.20. The first-order valence-corrected chi connectivity index (χ1v) is 12.1. The zero-order chi connectivity index (χ0) is 21.9. The molecule has 32 heavy (non-hydrogen) atoms. The Morgan fingerprint density at radius 3 is 2.50 bits per heavy atom. The molecule has 1 fully saturated rings. The van der Waals surface area contributed by atoms with Crippen LogP contribution in [0.3, 0.4) is 0 Å². The highest BCUT2D eigenvalue weighted by Crippen LogP contribution is 2.27. The molecular weight excluding hydrogens is 442 g/mol. The molecule has 1 aromatic carbocycles. The number of hydrogen-bond donors (Lipinski definition) is 1. The molecule has 0 radical (unpaired) electrons. The number of piperazine rings is 1. The summed E-state index contributed by atoms with van der Waals surface area (Å²) in [5.74, 6) is 0.890. The largest absolute Gasteiger partial charge is 0.352 e. The molecule has 0 spiro atoms. The van der Waals surface area contributed by atoms with Crippen molar-refractivity contribution >= 4 is 50.5 Å². The molecule has 3 aromatic heterocycles. The third kappa shape index (κ3) is 4.21. The van der Waals surface area contributed by atoms with Crippen LogP contribution in [0.4, 0.5) is 5.82 Å². The molecule has 0 aliphatic carbocycles. The Kier molecular flexibility index (Phi) is 5.83. The summed E-state index contributed by atoms with van der Waals surface area (Å²) in [6.07, 6.45) is 1.61. The minimum absolute atomic E-state index is 0.0298. The van der Waals surface area contributed by atoms with Gasteiger partial charge in [0, 0.05) is 38.3 Å². The second-order valence-corrected chi connectivity index (χ2v) is 9.32. The standard InChI is InChI=1S/C23H21N5O2S2/c29-21(19-2-1-12-31-19)24-14-16-3-5-17(6-4-16)23(30)28-10-8-27(9-11-28)20-18-7-13-32-22(18)26-15-25-20/h1-7,12-13,15H,8-11,14H2,(H,24,29). The van der Waals surface area contributed by atoms with Crippen LogP contribution in [0.2, 0.25) is 0 Å². The predicted octanol–water partition coefficient (Wildman–Crippen LogP) is 3.65. The van der Waals surface area contributed by atoms with Gasteiger partial charge in [-0.25, -0.2) is 9.97 Å². The van der Waals surface area contributed by atoms with Crippen molar-refractivity contribution < 1.29 is 9.59 Å². The maximum atomic E-state index is 13.0. The summed E-state index contributed by atoms with van der Waals surface area (Å²) in [7, 11) is 0. The second kappa shape index (κ2) is 9.05. The lowest BCUT2D eigenvalue weighted by Gasteiger charge is -2.35. The molecule has 0 bridgehead atoms. The number of carbonyl (C=O) groups excluding carboxylic acids is 2. The van der Waals surface area contributed by atoms with Gasteiger partial charge in [-0.15, -0.1) is 22.7 Å². The summed E-state index contributed by atoms with van der Waals surface area (Å²) in [4.78, 5) is 39.6. The van der Waals surface area contributed by atoms with Crippen molar-refractivity contribution in [1.29, 1.82) is 0 Å². The number of benzene rings is 1. The maximum Gasteiger partial charge on any atom is 0.261 e. The predicted molar refractivity (Wildman–Crippen MR) is 127 cm³/mol. The summed E-state index contributed by atoms with van der Waals surface area (Å²) in [5, 5.41) is 7.88. The number of rotatable bonds is 5. The lowest BCUT2D eigenvalue weighted by molar-refractivity contribution is 0.0746. The number of anilines is 1. The van der Waals surface area contributed by atoms with Crippen molar-refractivity contribution in [3.63, 3.8) is 0 Å². The highest BCUT2D eigenvalue weighted by atomic mass is 32.1. The molecule has 7 nitrogen and oxygen atoms in total. The van der Waals surface area contributed by atoms with Gasteiger partial charge in [0.1, 0.15) is 17.0 Å². The molecule has 1 N–H and O–H groups in total. The molecule has 0 atom stereocenters. The van der Waals surface area contributed by atoms with Crippen LogP contribution in [0, 0.1) is 0 Å². The van der Waals surface area contributed by atoms with Crippen LogP contribution in [0.1, 0.15) is 25.6 Å². The Hall–Kier alpha value is -3.30. The van der Waals surface area contributed by atoms with Gasteiger partial charge in [-0.3, -0.25) is 9.59 Å². The number of fused-ring (bicyclic) bond motifs is 1. The first-order valence-electron chi connectivity index (χ1n) is 10.3. The van der Waals surface area contributed by atoms with Crippen LogP contribution in [0.5, 0.6) is 0 Å². The van der Waals surface area contributed by atoms with Gasteiger partial charge in [0.2, 0.25) is 0 Å². The zero-order valence-electron chi connectivity index (χ0n) is 17.2. The van der Waals surface area contributed by atoms with E-state index < -0.39 is 0 Å². The Morgan fingerprint density at radius 1 is 0.938 bits per heavy atom. The molecular formula is C23H21N5O2S2. The van der Waals surface area contributed by atoms with Gasteiger partial charge in [-0.2, -0.15) is 0 Å². The van der Waals surface area contributed by atoms with E-state index in [1.807, 2.05) is 46.0 Å². The van der Waals surface area contributed by atoms with Crippen LogP contribution in [-0.2, 0) is 6.54 Å². The number of thiophene rings is 2. The van der Waals surface area contributed by atoms with Crippen LogP contribution < -0.4 is 10.2 Å². The molecule has 0 unspecified atom stereocenters. The van der Waals surface area contributed by atoms with E-state index in [1.54, 1.807) is 23.7 Å². The molecule has 162 valence electrons. The number of aromatic nitrogens is 2. The van der Waals surface area contributed by atoms with Crippen molar-refractivity contribution in [3.05, 3.63) is 75.6 Å². The Balaban J connectivity index is 1.17. The molecule has 5 rings (SSSR count). The average molecular weight is 464 g/mol. The topological polar surface area (TPSA) is 78.4 Å². The SMILES string of the molecule is O=C(NCc1ccc(C(=O)N2CCN(c3ncnc4sccc34)CC2)cc1)c1cccs1. The molecule has 4 aromatic rings. The van der Waals surface area contributed by atoms with Crippen molar-refractivity contribution in [2.75, 3.05) is 31.1 Å². The molecule has 9 heteroatoms. The van der Waals surface area contributed by atoms with E-state index in [4.69, 9.17) is 0 Å². The highest BCUT2D eigenvalue weighted by molar-refractivity contribution is 7.16. The lowest BCUT2D eigenvalue weighted by Crippen LogP contribution is -2.49. The first kappa shape index (κ1) is 20.6. The normalized spacial score (nSPS) is 14.0. The van der Waals surface area contributed by atoms with Crippen molar-refractivity contribution in [2.45, 2.75) is 6.54 Å². The molecule has 1 aliphatic heterocycles. The second-order valence-electron chi connectivity index (χ2n) is 7.47. The Labute approximate surface area is 193 Å². The summed E-state index contributed by atoms with van der Waals surface area (Å²) in [5.41, 5.74) is 1.62. The van der Waals surface area contributed by atoms with E-state index in [1.165, 1.54) is 11.3 Å². The number of carbonyl (C=O) groups is 2. The number of nitrogens with zero attached hydrogens (tertiary/aromatic N) is 4. The van der Waals surface area contributed by atoms with Crippen LogP contribution >= 0.6 is 22.7 Å². The van der Waals surface area contributed by atoms with Gasteiger partial charge in [0.15, 0.2) is 0 Å². The summed E-state index contributed by atoms with van der Waals surface area (Å²) in [6, 6.07) is 13.2. The van der Waals surface area contributed by atoms with Gasteiger partial charge < -0.3 is 15.1 Å². The molecule has 2 amide bonds. The smallest absolute Gasteiger partial charge is 0.261 e. The van der Waals surface area contributed by atoms with Gasteiger partial charge in [0.05, 0.1) is 10.3 Å². The molecule has 1 aliphatic rings. The van der Waals surface area contributed by atoms with E-state index in [0.717, 1.165) is 34.7 Å². The highest BCUT2D eigenvalue weighted by Gasteiger charge is 2.24. The van der Waals surface area contributed by atoms with Crippen molar-refractivity contribution in [3.8, 4) is 0 Å². The third-order valence-electron chi connectivity index (χ3n) is 5.51. The molecule has 4 heterocycles. The quantitative estimate of drug-likeness (QED) is 0.489. The fourth-order valence-electron chi connectivity index (χ4n) is 3.78. The zero-order valence-corrected chi connectivity index (χ0v) is 18.9. The van der Waals surface area contributed by atoms with E-state index in [2.05, 4.69) is 26.3 Å². The Morgan fingerprint density at radius 2 is 1.75 bits per heavy atom. The van der Waals surface area contributed by atoms with Gasteiger partial charge >= 0.3 is 0 Å². The van der Waals surface area contributed by atoms with E-state index in [9.17, 15) is 9.59 Å². The first-order chi connectivity index (χ1) is 15.7. The van der Waals surface area contributed by atoms with Gasteiger partial charge in [-0.1, -0.05) is 18.2 Å². The average Bonchev–Trinajstić information content (AvgIpc) is 3.55. The Bertz CT molecular complexity index is 1230. The summed E-state index contributed by atoms with van der Waals surface area (Å²) >= 11 is 3.02. The number of amides is 2. The summed E-state index contributed by atoms with van der Waals surface area (Å²) < 4.78 is 0. The van der Waals surface area contributed by atoms with Crippen molar-refractivity contribution in [2.24, 2.45) is 0 Å². The maximum absolute atomic E-state index is 13.0. The van der Waals surface area contributed by atoms with Crippen molar-refractivity contribution in [1.82, 2.24) is 20.2 Å².